The summed E-state index contributed by atoms with van der Waals surface area (Å²) in [4.78, 5) is 19.5. The number of hydrogen-bond acceptors (Lipinski definition) is 5. The number of carbonyl (C=O) groups excluding carboxylic acids is 1. The zero-order chi connectivity index (χ0) is 18.8. The normalized spacial score (nSPS) is 16.5. The minimum Gasteiger partial charge on any atom is -0.496 e. The molecule has 1 aliphatic heterocycles. The smallest absolute Gasteiger partial charge is 0.258 e. The van der Waals surface area contributed by atoms with E-state index in [1.165, 1.54) is 0 Å². The van der Waals surface area contributed by atoms with E-state index in [2.05, 4.69) is 10.1 Å². The van der Waals surface area contributed by atoms with Gasteiger partial charge in [0.2, 0.25) is 11.7 Å². The van der Waals surface area contributed by atoms with E-state index in [0.717, 1.165) is 24.0 Å². The summed E-state index contributed by atoms with van der Waals surface area (Å²) in [6.45, 7) is 2.67. The summed E-state index contributed by atoms with van der Waals surface area (Å²) < 4.78 is 10.9. The number of benzene rings is 2. The molecule has 2 heterocycles. The van der Waals surface area contributed by atoms with Crippen molar-refractivity contribution in [2.45, 2.75) is 25.8 Å². The number of nitrogens with zero attached hydrogens (tertiary/aromatic N) is 3. The van der Waals surface area contributed by atoms with Crippen molar-refractivity contribution in [1.29, 1.82) is 0 Å². The average molecular weight is 363 g/mol. The van der Waals surface area contributed by atoms with Gasteiger partial charge in [0.15, 0.2) is 0 Å². The number of methoxy groups -OCH3 is 1. The molecule has 1 amide bonds. The Morgan fingerprint density at radius 3 is 2.78 bits per heavy atom. The third kappa shape index (κ3) is 3.18. The van der Waals surface area contributed by atoms with Crippen LogP contribution in [-0.4, -0.2) is 34.6 Å². The highest BCUT2D eigenvalue weighted by Crippen LogP contribution is 2.34. The molecule has 0 spiro atoms. The molecule has 3 aromatic rings. The second kappa shape index (κ2) is 7.23. The number of aryl methyl sites for hydroxylation is 1. The molecule has 1 unspecified atom stereocenters. The van der Waals surface area contributed by atoms with E-state index in [-0.39, 0.29) is 11.9 Å². The molecule has 1 fully saturated rings. The minimum absolute atomic E-state index is 0.0782. The van der Waals surface area contributed by atoms with Gasteiger partial charge in [-0.25, -0.2) is 0 Å². The number of ether oxygens (including phenoxy) is 1. The van der Waals surface area contributed by atoms with Gasteiger partial charge in [-0.3, -0.25) is 4.79 Å². The highest BCUT2D eigenvalue weighted by Gasteiger charge is 2.35. The maximum absolute atomic E-state index is 13.1. The quantitative estimate of drug-likeness (QED) is 0.700. The lowest BCUT2D eigenvalue weighted by atomic mass is 10.1. The monoisotopic (exact) mass is 363 g/mol. The molecule has 0 bridgehead atoms. The van der Waals surface area contributed by atoms with E-state index in [4.69, 9.17) is 9.26 Å². The first-order valence-corrected chi connectivity index (χ1v) is 9.02. The lowest BCUT2D eigenvalue weighted by molar-refractivity contribution is 0.0706. The molecule has 0 aliphatic carbocycles. The largest absolute Gasteiger partial charge is 0.496 e. The predicted molar refractivity (Wildman–Crippen MR) is 100 cm³/mol. The van der Waals surface area contributed by atoms with E-state index in [1.807, 2.05) is 43.3 Å². The van der Waals surface area contributed by atoms with E-state index in [1.54, 1.807) is 24.1 Å². The van der Waals surface area contributed by atoms with Crippen molar-refractivity contribution in [1.82, 2.24) is 15.0 Å². The number of amides is 1. The van der Waals surface area contributed by atoms with Crippen LogP contribution in [0.25, 0.3) is 11.4 Å². The van der Waals surface area contributed by atoms with Gasteiger partial charge in [0, 0.05) is 12.1 Å². The first-order chi connectivity index (χ1) is 13.2. The van der Waals surface area contributed by atoms with Crippen LogP contribution in [0.1, 0.15) is 40.7 Å². The Labute approximate surface area is 157 Å². The molecule has 27 heavy (non-hydrogen) atoms. The first kappa shape index (κ1) is 17.3. The Balaban J connectivity index is 1.63. The lowest BCUT2D eigenvalue weighted by Gasteiger charge is -2.22. The maximum Gasteiger partial charge on any atom is 0.258 e. The number of rotatable bonds is 4. The van der Waals surface area contributed by atoms with Gasteiger partial charge in [0.25, 0.3) is 5.91 Å². The van der Waals surface area contributed by atoms with E-state index in [0.29, 0.717) is 29.6 Å². The molecule has 6 nitrogen and oxygen atoms in total. The van der Waals surface area contributed by atoms with Crippen molar-refractivity contribution in [2.75, 3.05) is 13.7 Å². The Morgan fingerprint density at radius 2 is 1.96 bits per heavy atom. The molecule has 0 N–H and O–H groups in total. The fraction of sp³-hybridized carbons (Fsp3) is 0.286. The second-order valence-corrected chi connectivity index (χ2v) is 6.63. The molecule has 1 aliphatic rings. The summed E-state index contributed by atoms with van der Waals surface area (Å²) in [5, 5.41) is 4.14. The number of hydrogen-bond donors (Lipinski definition) is 0. The van der Waals surface area contributed by atoms with E-state index < -0.39 is 0 Å². The molecule has 1 saturated heterocycles. The van der Waals surface area contributed by atoms with Gasteiger partial charge in [-0.15, -0.1) is 0 Å². The lowest BCUT2D eigenvalue weighted by Crippen LogP contribution is -2.31. The van der Waals surface area contributed by atoms with Crippen LogP contribution in [0.2, 0.25) is 0 Å². The molecule has 1 atom stereocenters. The van der Waals surface area contributed by atoms with Crippen LogP contribution in [0.4, 0.5) is 0 Å². The van der Waals surface area contributed by atoms with Gasteiger partial charge in [0.1, 0.15) is 11.8 Å². The Hall–Kier alpha value is -3.15. The molecule has 2 aromatic carbocycles. The number of aromatic nitrogens is 2. The highest BCUT2D eigenvalue weighted by molar-refractivity contribution is 5.97. The van der Waals surface area contributed by atoms with Crippen molar-refractivity contribution in [3.05, 3.63) is 65.5 Å². The van der Waals surface area contributed by atoms with Crippen LogP contribution in [0.3, 0.4) is 0 Å². The summed E-state index contributed by atoms with van der Waals surface area (Å²) in [5.41, 5.74) is 2.57. The number of para-hydroxylation sites is 1. The average Bonchev–Trinajstić information content (AvgIpc) is 3.37. The summed E-state index contributed by atoms with van der Waals surface area (Å²) in [5.74, 6) is 1.53. The highest BCUT2D eigenvalue weighted by atomic mass is 16.5. The van der Waals surface area contributed by atoms with Crippen LogP contribution < -0.4 is 4.74 Å². The van der Waals surface area contributed by atoms with Crippen LogP contribution >= 0.6 is 0 Å². The van der Waals surface area contributed by atoms with Crippen molar-refractivity contribution in [3.8, 4) is 17.1 Å². The third-order valence-electron chi connectivity index (χ3n) is 4.96. The molecule has 0 saturated carbocycles. The second-order valence-electron chi connectivity index (χ2n) is 6.63. The molecular weight excluding hydrogens is 342 g/mol. The van der Waals surface area contributed by atoms with Gasteiger partial charge >= 0.3 is 0 Å². The molecule has 138 valence electrons. The van der Waals surface area contributed by atoms with Gasteiger partial charge in [-0.1, -0.05) is 41.6 Å². The standard InChI is InChI=1S/C21H21N3O3/c1-14-8-3-4-9-15(14)19-22-20(27-23-19)17-11-7-13-24(17)21(25)16-10-5-6-12-18(16)26-2/h3-6,8-10,12,17H,7,11,13H2,1-2H3. The van der Waals surface area contributed by atoms with Gasteiger partial charge in [-0.2, -0.15) is 4.98 Å². The Morgan fingerprint density at radius 1 is 1.19 bits per heavy atom. The van der Waals surface area contributed by atoms with Crippen LogP contribution in [0, 0.1) is 6.92 Å². The topological polar surface area (TPSA) is 68.5 Å². The fourth-order valence-electron chi connectivity index (χ4n) is 3.55. The number of carbonyl (C=O) groups is 1. The summed E-state index contributed by atoms with van der Waals surface area (Å²) >= 11 is 0. The Bertz CT molecular complexity index is 967. The maximum atomic E-state index is 13.1. The van der Waals surface area contributed by atoms with Crippen molar-refractivity contribution < 1.29 is 14.1 Å². The minimum atomic E-state index is -0.215. The van der Waals surface area contributed by atoms with Crippen LogP contribution in [0.5, 0.6) is 5.75 Å². The predicted octanol–water partition coefficient (Wildman–Crippen LogP) is 4.03. The Kier molecular flexibility index (Phi) is 4.62. The van der Waals surface area contributed by atoms with Crippen molar-refractivity contribution in [2.24, 2.45) is 0 Å². The zero-order valence-corrected chi connectivity index (χ0v) is 15.4. The third-order valence-corrected chi connectivity index (χ3v) is 4.96. The molecular formula is C21H21N3O3. The molecule has 1 aromatic heterocycles. The SMILES string of the molecule is COc1ccccc1C(=O)N1CCCC1c1nc(-c2ccccc2C)no1. The number of likely N-dealkylation sites (tertiary alicyclic amines) is 1. The van der Waals surface area contributed by atoms with Crippen LogP contribution in [0.15, 0.2) is 53.1 Å². The van der Waals surface area contributed by atoms with Crippen LogP contribution in [-0.2, 0) is 0 Å². The summed E-state index contributed by atoms with van der Waals surface area (Å²) in [6.07, 6.45) is 1.70. The molecule has 0 radical (unpaired) electrons. The van der Waals surface area contributed by atoms with E-state index in [9.17, 15) is 4.79 Å². The molecule has 4 rings (SSSR count). The van der Waals surface area contributed by atoms with Gasteiger partial charge in [0.05, 0.1) is 12.7 Å². The summed E-state index contributed by atoms with van der Waals surface area (Å²) in [7, 11) is 1.57. The fourth-order valence-corrected chi connectivity index (χ4v) is 3.55. The zero-order valence-electron chi connectivity index (χ0n) is 15.4. The van der Waals surface area contributed by atoms with Crippen molar-refractivity contribution >= 4 is 5.91 Å². The molecule has 6 heteroatoms. The van der Waals surface area contributed by atoms with E-state index >= 15 is 0 Å². The first-order valence-electron chi connectivity index (χ1n) is 9.02. The van der Waals surface area contributed by atoms with Crippen molar-refractivity contribution in [3.63, 3.8) is 0 Å². The van der Waals surface area contributed by atoms with Gasteiger partial charge in [-0.05, 0) is 37.5 Å². The van der Waals surface area contributed by atoms with Gasteiger partial charge < -0.3 is 14.2 Å². The summed E-state index contributed by atoms with van der Waals surface area (Å²) in [6, 6.07) is 15.0.